The van der Waals surface area contributed by atoms with E-state index in [1.54, 1.807) is 11.3 Å². The molecule has 152 valence electrons. The van der Waals surface area contributed by atoms with Crippen LogP contribution in [-0.4, -0.2) is 41.7 Å². The molecule has 2 aromatic heterocycles. The first kappa shape index (κ1) is 19.9. The normalized spacial score (nSPS) is 14.8. The van der Waals surface area contributed by atoms with Gasteiger partial charge in [0, 0.05) is 43.4 Å². The molecule has 1 amide bonds. The predicted molar refractivity (Wildman–Crippen MR) is 117 cm³/mol. The van der Waals surface area contributed by atoms with E-state index in [2.05, 4.69) is 41.4 Å². The second kappa shape index (κ2) is 8.95. The number of aryl methyl sites for hydroxylation is 1. The van der Waals surface area contributed by atoms with Gasteiger partial charge in [0.2, 0.25) is 0 Å². The van der Waals surface area contributed by atoms with Gasteiger partial charge >= 0.3 is 0 Å². The van der Waals surface area contributed by atoms with Crippen LogP contribution in [0.15, 0.2) is 48.8 Å². The van der Waals surface area contributed by atoms with Crippen molar-refractivity contribution in [2.24, 2.45) is 0 Å². The van der Waals surface area contributed by atoms with Crippen molar-refractivity contribution in [2.45, 2.75) is 26.9 Å². The zero-order chi connectivity index (χ0) is 20.2. The highest BCUT2D eigenvalue weighted by Gasteiger charge is 2.20. The van der Waals surface area contributed by atoms with Gasteiger partial charge in [0.25, 0.3) is 5.91 Å². The van der Waals surface area contributed by atoms with Gasteiger partial charge in [-0.2, -0.15) is 0 Å². The number of carbonyl (C=O) groups excluding carboxylic acids is 1. The summed E-state index contributed by atoms with van der Waals surface area (Å²) < 4.78 is 7.42. The van der Waals surface area contributed by atoms with Crippen molar-refractivity contribution < 1.29 is 9.53 Å². The molecule has 3 aromatic rings. The molecular weight excluding hydrogens is 382 g/mol. The summed E-state index contributed by atoms with van der Waals surface area (Å²) in [5.41, 5.74) is 4.22. The van der Waals surface area contributed by atoms with Gasteiger partial charge in [-0.25, -0.2) is 0 Å². The second-order valence-corrected chi connectivity index (χ2v) is 8.64. The summed E-state index contributed by atoms with van der Waals surface area (Å²) in [4.78, 5) is 16.5. The van der Waals surface area contributed by atoms with E-state index in [0.29, 0.717) is 6.54 Å². The molecule has 1 aliphatic heterocycles. The third-order valence-electron chi connectivity index (χ3n) is 5.42. The van der Waals surface area contributed by atoms with E-state index in [0.717, 1.165) is 54.5 Å². The maximum absolute atomic E-state index is 13.0. The van der Waals surface area contributed by atoms with Crippen LogP contribution in [0.1, 0.15) is 31.9 Å². The van der Waals surface area contributed by atoms with Crippen molar-refractivity contribution in [3.63, 3.8) is 0 Å². The molecule has 0 atom stereocenters. The van der Waals surface area contributed by atoms with Gasteiger partial charge in [-0.05, 0) is 42.7 Å². The summed E-state index contributed by atoms with van der Waals surface area (Å²) in [5, 5.41) is 4.08. The van der Waals surface area contributed by atoms with Gasteiger partial charge in [-0.15, -0.1) is 11.3 Å². The van der Waals surface area contributed by atoms with Crippen LogP contribution in [0.5, 0.6) is 0 Å². The number of aromatic nitrogens is 1. The summed E-state index contributed by atoms with van der Waals surface area (Å²) in [5.74, 6) is -0.0204. The average Bonchev–Trinajstić information content (AvgIpc) is 3.37. The summed E-state index contributed by atoms with van der Waals surface area (Å²) >= 11 is 1.66. The molecule has 0 aliphatic carbocycles. The lowest BCUT2D eigenvalue weighted by atomic mass is 10.1. The van der Waals surface area contributed by atoms with E-state index in [4.69, 9.17) is 4.74 Å². The molecule has 5 nitrogen and oxygen atoms in total. The molecule has 1 aliphatic rings. The lowest BCUT2D eigenvalue weighted by Gasteiger charge is -2.26. The van der Waals surface area contributed by atoms with Gasteiger partial charge in [-0.3, -0.25) is 9.69 Å². The van der Waals surface area contributed by atoms with E-state index in [1.807, 2.05) is 36.0 Å². The number of hydrogen-bond acceptors (Lipinski definition) is 4. The van der Waals surface area contributed by atoms with Gasteiger partial charge in [-0.1, -0.05) is 24.3 Å². The fourth-order valence-corrected chi connectivity index (χ4v) is 4.70. The Kier molecular flexibility index (Phi) is 6.13. The molecule has 29 heavy (non-hydrogen) atoms. The van der Waals surface area contributed by atoms with Crippen molar-refractivity contribution >= 4 is 17.2 Å². The number of nitrogens with zero attached hydrogens (tertiary/aromatic N) is 2. The molecule has 0 unspecified atom stereocenters. The van der Waals surface area contributed by atoms with Crippen molar-refractivity contribution in [1.82, 2.24) is 14.8 Å². The number of hydrogen-bond donors (Lipinski definition) is 1. The SMILES string of the molecule is Cc1sc(-n2cccc2)c(C(=O)NCc2ccc(CN3CCOCC3)cc2)c1C. The van der Waals surface area contributed by atoms with Gasteiger partial charge < -0.3 is 14.6 Å². The molecule has 3 heterocycles. The van der Waals surface area contributed by atoms with Gasteiger partial charge in [0.15, 0.2) is 0 Å². The third-order valence-corrected chi connectivity index (χ3v) is 6.64. The van der Waals surface area contributed by atoms with Crippen LogP contribution in [0.4, 0.5) is 0 Å². The molecule has 1 saturated heterocycles. The Bertz CT molecular complexity index is 955. The average molecular weight is 410 g/mol. The van der Waals surface area contributed by atoms with Crippen LogP contribution in [0.2, 0.25) is 0 Å². The lowest BCUT2D eigenvalue weighted by Crippen LogP contribution is -2.35. The minimum atomic E-state index is -0.0204. The van der Waals surface area contributed by atoms with E-state index < -0.39 is 0 Å². The highest BCUT2D eigenvalue weighted by atomic mass is 32.1. The van der Waals surface area contributed by atoms with Crippen molar-refractivity contribution in [1.29, 1.82) is 0 Å². The molecule has 1 aromatic carbocycles. The molecule has 0 radical (unpaired) electrons. The predicted octanol–water partition coefficient (Wildman–Crippen LogP) is 3.92. The van der Waals surface area contributed by atoms with Crippen LogP contribution in [0.25, 0.3) is 5.00 Å². The number of thiophene rings is 1. The fraction of sp³-hybridized carbons (Fsp3) is 0.348. The quantitative estimate of drug-likeness (QED) is 0.671. The molecule has 6 heteroatoms. The molecule has 0 spiro atoms. The number of carbonyl (C=O) groups is 1. The minimum Gasteiger partial charge on any atom is -0.379 e. The number of amides is 1. The number of benzene rings is 1. The van der Waals surface area contributed by atoms with Crippen LogP contribution < -0.4 is 5.32 Å². The number of nitrogens with one attached hydrogen (secondary N) is 1. The second-order valence-electron chi connectivity index (χ2n) is 7.44. The molecule has 0 saturated carbocycles. The van der Waals surface area contributed by atoms with Crippen LogP contribution in [0, 0.1) is 13.8 Å². The highest BCUT2D eigenvalue weighted by Crippen LogP contribution is 2.31. The summed E-state index contributed by atoms with van der Waals surface area (Å²) in [6.45, 7) is 9.17. The Morgan fingerprint density at radius 1 is 1.07 bits per heavy atom. The highest BCUT2D eigenvalue weighted by molar-refractivity contribution is 7.15. The van der Waals surface area contributed by atoms with Crippen molar-refractivity contribution in [3.05, 3.63) is 75.9 Å². The first-order valence-electron chi connectivity index (χ1n) is 10.0. The fourth-order valence-electron chi connectivity index (χ4n) is 3.58. The first-order chi connectivity index (χ1) is 14.1. The summed E-state index contributed by atoms with van der Waals surface area (Å²) in [6.07, 6.45) is 3.96. The monoisotopic (exact) mass is 409 g/mol. The molecule has 1 N–H and O–H groups in total. The first-order valence-corrected chi connectivity index (χ1v) is 10.8. The smallest absolute Gasteiger partial charge is 0.254 e. The van der Waals surface area contributed by atoms with Crippen LogP contribution in [-0.2, 0) is 17.8 Å². The number of rotatable bonds is 6. The topological polar surface area (TPSA) is 46.5 Å². The van der Waals surface area contributed by atoms with Crippen LogP contribution >= 0.6 is 11.3 Å². The number of ether oxygens (including phenoxy) is 1. The van der Waals surface area contributed by atoms with E-state index in [1.165, 1.54) is 10.4 Å². The summed E-state index contributed by atoms with van der Waals surface area (Å²) in [6, 6.07) is 12.5. The maximum atomic E-state index is 13.0. The van der Waals surface area contributed by atoms with Crippen LogP contribution in [0.3, 0.4) is 0 Å². The maximum Gasteiger partial charge on any atom is 0.254 e. The molecule has 1 fully saturated rings. The van der Waals surface area contributed by atoms with E-state index in [9.17, 15) is 4.79 Å². The largest absolute Gasteiger partial charge is 0.379 e. The Hall–Kier alpha value is -2.41. The Labute approximate surface area is 175 Å². The minimum absolute atomic E-state index is 0.0204. The number of morpholine rings is 1. The Morgan fingerprint density at radius 2 is 1.72 bits per heavy atom. The van der Waals surface area contributed by atoms with Gasteiger partial charge in [0.05, 0.1) is 18.8 Å². The van der Waals surface area contributed by atoms with Crippen molar-refractivity contribution in [3.8, 4) is 5.00 Å². The zero-order valence-electron chi connectivity index (χ0n) is 17.0. The Balaban J connectivity index is 1.40. The van der Waals surface area contributed by atoms with E-state index in [-0.39, 0.29) is 5.91 Å². The third kappa shape index (κ3) is 4.61. The van der Waals surface area contributed by atoms with E-state index >= 15 is 0 Å². The van der Waals surface area contributed by atoms with Gasteiger partial charge in [0.1, 0.15) is 5.00 Å². The Morgan fingerprint density at radius 3 is 2.41 bits per heavy atom. The molecule has 0 bridgehead atoms. The standard InChI is InChI=1S/C23H27N3O2S/c1-17-18(2)29-23(26-9-3-4-10-26)21(17)22(27)24-15-19-5-7-20(8-6-19)16-25-11-13-28-14-12-25/h3-10H,11-16H2,1-2H3,(H,24,27). The van der Waals surface area contributed by atoms with Crippen molar-refractivity contribution in [2.75, 3.05) is 26.3 Å². The lowest BCUT2D eigenvalue weighted by molar-refractivity contribution is 0.0342. The summed E-state index contributed by atoms with van der Waals surface area (Å²) in [7, 11) is 0. The molecule has 4 rings (SSSR count). The zero-order valence-corrected chi connectivity index (χ0v) is 17.8. The molecular formula is C23H27N3O2S.